The van der Waals surface area contributed by atoms with Crippen molar-refractivity contribution in [2.45, 2.75) is 32.9 Å². The molecule has 1 aliphatic rings. The normalized spacial score (nSPS) is 19.8. The predicted octanol–water partition coefficient (Wildman–Crippen LogP) is 2.01. The van der Waals surface area contributed by atoms with E-state index in [1.165, 1.54) is 12.3 Å². The van der Waals surface area contributed by atoms with Crippen molar-refractivity contribution >= 4 is 23.1 Å². The molecule has 1 amide bonds. The van der Waals surface area contributed by atoms with Crippen molar-refractivity contribution in [2.24, 2.45) is 0 Å². The third-order valence-corrected chi connectivity index (χ3v) is 4.81. The van der Waals surface area contributed by atoms with E-state index < -0.39 is 11.7 Å². The highest BCUT2D eigenvalue weighted by atomic mass is 19.1. The Morgan fingerprint density at radius 3 is 2.86 bits per heavy atom. The van der Waals surface area contributed by atoms with Gasteiger partial charge in [-0.25, -0.2) is 19.3 Å². The van der Waals surface area contributed by atoms with Gasteiger partial charge in [0.25, 0.3) is 5.91 Å². The summed E-state index contributed by atoms with van der Waals surface area (Å²) in [4.78, 5) is 27.4. The van der Waals surface area contributed by atoms with Crippen molar-refractivity contribution in [3.8, 4) is 0 Å². The van der Waals surface area contributed by atoms with Gasteiger partial charge in [0.1, 0.15) is 11.5 Å². The Hall–Kier alpha value is -3.07. The van der Waals surface area contributed by atoms with Crippen LogP contribution in [0.2, 0.25) is 0 Å². The average molecular weight is 383 g/mol. The van der Waals surface area contributed by atoms with Crippen LogP contribution in [0.4, 0.5) is 15.9 Å². The second-order valence-electron chi connectivity index (χ2n) is 7.21. The summed E-state index contributed by atoms with van der Waals surface area (Å²) in [6.07, 6.45) is 6.35. The van der Waals surface area contributed by atoms with Crippen molar-refractivity contribution in [1.29, 1.82) is 0 Å². The number of aryl methyl sites for hydroxylation is 1. The monoisotopic (exact) mass is 383 g/mol. The molecule has 9 heteroatoms. The number of carbonyl (C=O) groups excluding carboxylic acids is 1. The van der Waals surface area contributed by atoms with E-state index in [0.29, 0.717) is 23.5 Å². The van der Waals surface area contributed by atoms with Crippen molar-refractivity contribution < 1.29 is 9.18 Å². The molecule has 4 rings (SSSR count). The molecule has 4 heterocycles. The zero-order chi connectivity index (χ0) is 19.8. The highest BCUT2D eigenvalue weighted by molar-refractivity contribution is 6.02. The van der Waals surface area contributed by atoms with Crippen LogP contribution in [0.15, 0.2) is 30.9 Å². The number of carbonyl (C=O) groups is 1. The van der Waals surface area contributed by atoms with E-state index in [9.17, 15) is 9.18 Å². The fourth-order valence-electron chi connectivity index (χ4n) is 3.37. The Balaban J connectivity index is 1.51. The van der Waals surface area contributed by atoms with Gasteiger partial charge in [0.05, 0.1) is 23.8 Å². The molecule has 146 valence electrons. The summed E-state index contributed by atoms with van der Waals surface area (Å²) in [5.74, 6) is -0.218. The van der Waals surface area contributed by atoms with Crippen LogP contribution in [0.25, 0.3) is 5.65 Å². The number of hydrogen-bond acceptors (Lipinski definition) is 6. The zero-order valence-electron chi connectivity index (χ0n) is 16.0. The summed E-state index contributed by atoms with van der Waals surface area (Å²) in [7, 11) is 0. The zero-order valence-corrected chi connectivity index (χ0v) is 16.0. The Labute approximate surface area is 161 Å². The fraction of sp³-hybridized carbons (Fsp3) is 0.368. The Morgan fingerprint density at radius 2 is 2.11 bits per heavy atom. The first-order valence-corrected chi connectivity index (χ1v) is 9.19. The topological polar surface area (TPSA) is 87.5 Å². The van der Waals surface area contributed by atoms with Gasteiger partial charge in [-0.05, 0) is 20.8 Å². The van der Waals surface area contributed by atoms with E-state index in [2.05, 4.69) is 44.3 Å². The molecule has 28 heavy (non-hydrogen) atoms. The number of fused-ring (bicyclic) bond motifs is 1. The number of pyridine rings is 1. The fourth-order valence-corrected chi connectivity index (χ4v) is 3.37. The number of rotatable bonds is 3. The van der Waals surface area contributed by atoms with E-state index in [4.69, 9.17) is 0 Å². The molecule has 1 aliphatic heterocycles. The minimum absolute atomic E-state index is 0.168. The standard InChI is InChI=1S/C19H22FN7O/c1-11-9-27(13(3)5-21-11)17-7-22-16(6-23-17)19(28)25-14-4-15(20)18-24-12(2)8-26(18)10-14/h4,6-8,10-11,13,21H,5,9H2,1-3H3,(H,25,28)/t11-,13+/m0/s1. The Bertz CT molecular complexity index is 1020. The maximum atomic E-state index is 14.2. The molecule has 3 aromatic rings. The summed E-state index contributed by atoms with van der Waals surface area (Å²) >= 11 is 0. The van der Waals surface area contributed by atoms with Gasteiger partial charge in [-0.2, -0.15) is 0 Å². The lowest BCUT2D eigenvalue weighted by Gasteiger charge is -2.38. The van der Waals surface area contributed by atoms with Gasteiger partial charge in [0, 0.05) is 43.6 Å². The summed E-state index contributed by atoms with van der Waals surface area (Å²) < 4.78 is 15.7. The van der Waals surface area contributed by atoms with E-state index in [-0.39, 0.29) is 11.3 Å². The first-order chi connectivity index (χ1) is 13.4. The van der Waals surface area contributed by atoms with Gasteiger partial charge in [-0.1, -0.05) is 0 Å². The van der Waals surface area contributed by atoms with Gasteiger partial charge >= 0.3 is 0 Å². The van der Waals surface area contributed by atoms with Gasteiger partial charge in [-0.15, -0.1) is 0 Å². The summed E-state index contributed by atoms with van der Waals surface area (Å²) in [5.41, 5.74) is 1.41. The van der Waals surface area contributed by atoms with Crippen LogP contribution >= 0.6 is 0 Å². The van der Waals surface area contributed by atoms with E-state index >= 15 is 0 Å². The van der Waals surface area contributed by atoms with Crippen molar-refractivity contribution in [3.63, 3.8) is 0 Å². The number of aromatic nitrogens is 4. The van der Waals surface area contributed by atoms with Crippen LogP contribution in [-0.2, 0) is 0 Å². The first-order valence-electron chi connectivity index (χ1n) is 9.19. The van der Waals surface area contributed by atoms with Crippen molar-refractivity contribution in [1.82, 2.24) is 24.7 Å². The quantitative estimate of drug-likeness (QED) is 0.720. The molecule has 0 unspecified atom stereocenters. The number of amides is 1. The second kappa shape index (κ2) is 7.16. The maximum absolute atomic E-state index is 14.2. The third-order valence-electron chi connectivity index (χ3n) is 4.81. The van der Waals surface area contributed by atoms with Crippen molar-refractivity contribution in [2.75, 3.05) is 23.3 Å². The minimum atomic E-state index is -0.505. The molecule has 2 atom stereocenters. The third kappa shape index (κ3) is 3.53. The highest BCUT2D eigenvalue weighted by Gasteiger charge is 2.24. The maximum Gasteiger partial charge on any atom is 0.275 e. The molecular weight excluding hydrogens is 361 g/mol. The molecule has 0 spiro atoms. The second-order valence-corrected chi connectivity index (χ2v) is 7.21. The number of hydrogen-bond donors (Lipinski definition) is 2. The smallest absolute Gasteiger partial charge is 0.275 e. The van der Waals surface area contributed by atoms with Crippen LogP contribution in [0.5, 0.6) is 0 Å². The summed E-state index contributed by atoms with van der Waals surface area (Å²) in [6, 6.07) is 1.89. The van der Waals surface area contributed by atoms with E-state index in [1.807, 2.05) is 0 Å². The first kappa shape index (κ1) is 18.3. The Kier molecular flexibility index (Phi) is 4.68. The molecule has 0 saturated carbocycles. The molecule has 0 radical (unpaired) electrons. The molecule has 0 bridgehead atoms. The molecule has 0 aromatic carbocycles. The number of halogens is 1. The largest absolute Gasteiger partial charge is 0.350 e. The number of imidazole rings is 1. The van der Waals surface area contributed by atoms with Gasteiger partial charge < -0.3 is 19.9 Å². The molecule has 3 aromatic heterocycles. The predicted molar refractivity (Wildman–Crippen MR) is 104 cm³/mol. The van der Waals surface area contributed by atoms with Crippen LogP contribution in [0.3, 0.4) is 0 Å². The van der Waals surface area contributed by atoms with Crippen LogP contribution in [-0.4, -0.2) is 50.4 Å². The lowest BCUT2D eigenvalue weighted by atomic mass is 10.1. The van der Waals surface area contributed by atoms with E-state index in [1.54, 1.807) is 29.9 Å². The number of piperazine rings is 1. The molecule has 1 fully saturated rings. The lowest BCUT2D eigenvalue weighted by molar-refractivity contribution is 0.102. The molecular formula is C19H22FN7O. The Morgan fingerprint density at radius 1 is 1.29 bits per heavy atom. The molecule has 8 nitrogen and oxygen atoms in total. The van der Waals surface area contributed by atoms with E-state index in [0.717, 1.165) is 18.9 Å². The SMILES string of the molecule is Cc1cn2cc(NC(=O)c3cnc(N4C[C@H](C)NC[C@H]4C)cn3)cc(F)c2n1. The van der Waals surface area contributed by atoms with Gasteiger partial charge in [-0.3, -0.25) is 4.79 Å². The molecule has 0 aliphatic carbocycles. The minimum Gasteiger partial charge on any atom is -0.350 e. The summed E-state index contributed by atoms with van der Waals surface area (Å²) in [5, 5.41) is 6.08. The summed E-state index contributed by atoms with van der Waals surface area (Å²) in [6.45, 7) is 7.70. The molecule has 1 saturated heterocycles. The molecule has 2 N–H and O–H groups in total. The number of anilines is 2. The lowest BCUT2D eigenvalue weighted by Crippen LogP contribution is -2.54. The number of nitrogens with zero attached hydrogens (tertiary/aromatic N) is 5. The highest BCUT2D eigenvalue weighted by Crippen LogP contribution is 2.18. The van der Waals surface area contributed by atoms with Crippen LogP contribution in [0.1, 0.15) is 30.0 Å². The van der Waals surface area contributed by atoms with Crippen LogP contribution < -0.4 is 15.5 Å². The van der Waals surface area contributed by atoms with Crippen LogP contribution in [0, 0.1) is 12.7 Å². The number of nitrogens with one attached hydrogen (secondary N) is 2. The van der Waals surface area contributed by atoms with Gasteiger partial charge in [0.15, 0.2) is 11.5 Å². The van der Waals surface area contributed by atoms with Gasteiger partial charge in [0.2, 0.25) is 0 Å². The average Bonchev–Trinajstić information content (AvgIpc) is 3.05. The van der Waals surface area contributed by atoms with Crippen molar-refractivity contribution in [3.05, 3.63) is 48.1 Å².